The average molecular weight is 334 g/mol. The third-order valence-electron chi connectivity index (χ3n) is 2.29. The fourth-order valence-electron chi connectivity index (χ4n) is 1.38. The molecule has 0 atom stereocenters. The van der Waals surface area contributed by atoms with Gasteiger partial charge in [0.05, 0.1) is 17.5 Å². The van der Waals surface area contributed by atoms with Crippen LogP contribution in [-0.4, -0.2) is 5.91 Å². The molecular formula is C12H7BrF3NO2. The SMILES string of the molecule is O=C(Nc1ccc(C(F)(F)F)cc1Br)c1ccco1. The number of amides is 1. The van der Waals surface area contributed by atoms with Crippen LogP contribution in [-0.2, 0) is 6.18 Å². The van der Waals surface area contributed by atoms with Crippen molar-refractivity contribution in [2.24, 2.45) is 0 Å². The van der Waals surface area contributed by atoms with Crippen LogP contribution < -0.4 is 5.32 Å². The van der Waals surface area contributed by atoms with E-state index in [1.54, 1.807) is 0 Å². The average Bonchev–Trinajstić information content (AvgIpc) is 2.84. The van der Waals surface area contributed by atoms with Crippen LogP contribution in [0.5, 0.6) is 0 Å². The number of halogens is 4. The summed E-state index contributed by atoms with van der Waals surface area (Å²) in [4.78, 5) is 11.7. The maximum absolute atomic E-state index is 12.5. The van der Waals surface area contributed by atoms with Gasteiger partial charge < -0.3 is 9.73 Å². The number of carbonyl (C=O) groups excluding carboxylic acids is 1. The van der Waals surface area contributed by atoms with Gasteiger partial charge in [0.15, 0.2) is 5.76 Å². The summed E-state index contributed by atoms with van der Waals surface area (Å²) in [5.41, 5.74) is -0.565. The van der Waals surface area contributed by atoms with Gasteiger partial charge in [-0.1, -0.05) is 0 Å². The van der Waals surface area contributed by atoms with Crippen LogP contribution in [0.2, 0.25) is 0 Å². The van der Waals surface area contributed by atoms with Gasteiger partial charge in [0, 0.05) is 4.47 Å². The molecule has 0 saturated carbocycles. The summed E-state index contributed by atoms with van der Waals surface area (Å²) in [6.07, 6.45) is -3.09. The smallest absolute Gasteiger partial charge is 0.416 e. The van der Waals surface area contributed by atoms with E-state index < -0.39 is 17.6 Å². The molecule has 0 saturated heterocycles. The Hall–Kier alpha value is -1.76. The van der Waals surface area contributed by atoms with E-state index in [0.29, 0.717) is 0 Å². The lowest BCUT2D eigenvalue weighted by Gasteiger charge is -2.10. The van der Waals surface area contributed by atoms with Crippen LogP contribution in [0.25, 0.3) is 0 Å². The molecule has 0 spiro atoms. The second-order valence-corrected chi connectivity index (χ2v) is 4.48. The number of carbonyl (C=O) groups is 1. The number of hydrogen-bond donors (Lipinski definition) is 1. The lowest BCUT2D eigenvalue weighted by Crippen LogP contribution is -2.12. The second kappa shape index (κ2) is 5.08. The molecule has 0 aliphatic carbocycles. The fourth-order valence-corrected chi connectivity index (χ4v) is 1.86. The number of furan rings is 1. The zero-order valence-electron chi connectivity index (χ0n) is 9.29. The van der Waals surface area contributed by atoms with Crippen LogP contribution in [0.3, 0.4) is 0 Å². The molecule has 19 heavy (non-hydrogen) atoms. The predicted molar refractivity (Wildman–Crippen MR) is 65.8 cm³/mol. The first-order chi connectivity index (χ1) is 8.88. The molecule has 1 heterocycles. The number of alkyl halides is 3. The van der Waals surface area contributed by atoms with Crippen molar-refractivity contribution in [1.29, 1.82) is 0 Å². The first-order valence-electron chi connectivity index (χ1n) is 5.09. The van der Waals surface area contributed by atoms with Crippen molar-refractivity contribution < 1.29 is 22.4 Å². The van der Waals surface area contributed by atoms with Gasteiger partial charge in [0.2, 0.25) is 0 Å². The largest absolute Gasteiger partial charge is 0.459 e. The van der Waals surface area contributed by atoms with Crippen molar-refractivity contribution in [1.82, 2.24) is 0 Å². The third-order valence-corrected chi connectivity index (χ3v) is 2.95. The highest BCUT2D eigenvalue weighted by atomic mass is 79.9. The zero-order valence-corrected chi connectivity index (χ0v) is 10.9. The highest BCUT2D eigenvalue weighted by Crippen LogP contribution is 2.34. The van der Waals surface area contributed by atoms with E-state index >= 15 is 0 Å². The van der Waals surface area contributed by atoms with Crippen molar-refractivity contribution in [3.05, 3.63) is 52.4 Å². The van der Waals surface area contributed by atoms with Gasteiger partial charge in [0.1, 0.15) is 0 Å². The number of benzene rings is 1. The zero-order chi connectivity index (χ0) is 14.0. The Balaban J connectivity index is 2.21. The number of anilines is 1. The lowest BCUT2D eigenvalue weighted by atomic mass is 10.2. The monoisotopic (exact) mass is 333 g/mol. The van der Waals surface area contributed by atoms with Gasteiger partial charge in [-0.3, -0.25) is 4.79 Å². The first kappa shape index (κ1) is 13.7. The van der Waals surface area contributed by atoms with Gasteiger partial charge in [-0.15, -0.1) is 0 Å². The predicted octanol–water partition coefficient (Wildman–Crippen LogP) is 4.31. The Morgan fingerprint density at radius 3 is 2.53 bits per heavy atom. The number of nitrogens with one attached hydrogen (secondary N) is 1. The van der Waals surface area contributed by atoms with Crippen LogP contribution in [0.1, 0.15) is 16.1 Å². The summed E-state index contributed by atoms with van der Waals surface area (Å²) in [5, 5.41) is 2.44. The van der Waals surface area contributed by atoms with Crippen molar-refractivity contribution in [2.45, 2.75) is 6.18 Å². The minimum absolute atomic E-state index is 0.0757. The van der Waals surface area contributed by atoms with Crippen molar-refractivity contribution in [2.75, 3.05) is 5.32 Å². The Bertz CT molecular complexity index is 594. The Morgan fingerprint density at radius 2 is 2.00 bits per heavy atom. The summed E-state index contributed by atoms with van der Waals surface area (Å²) in [6.45, 7) is 0. The standard InChI is InChI=1S/C12H7BrF3NO2/c13-8-6-7(12(14,15)16)3-4-9(8)17-11(18)10-2-1-5-19-10/h1-6H,(H,17,18). The van der Waals surface area contributed by atoms with Crippen molar-refractivity contribution in [3.63, 3.8) is 0 Å². The van der Waals surface area contributed by atoms with E-state index in [-0.39, 0.29) is 15.9 Å². The third kappa shape index (κ3) is 3.17. The second-order valence-electron chi connectivity index (χ2n) is 3.62. The summed E-state index contributed by atoms with van der Waals surface area (Å²) in [5.74, 6) is -0.461. The number of rotatable bonds is 2. The summed E-state index contributed by atoms with van der Waals surface area (Å²) in [6, 6.07) is 5.96. The quantitative estimate of drug-likeness (QED) is 0.889. The van der Waals surface area contributed by atoms with E-state index in [4.69, 9.17) is 4.42 Å². The van der Waals surface area contributed by atoms with E-state index in [9.17, 15) is 18.0 Å². The van der Waals surface area contributed by atoms with Crippen LogP contribution in [0.4, 0.5) is 18.9 Å². The number of hydrogen-bond acceptors (Lipinski definition) is 2. The Morgan fingerprint density at radius 1 is 1.26 bits per heavy atom. The molecule has 1 N–H and O–H groups in total. The van der Waals surface area contributed by atoms with E-state index in [0.717, 1.165) is 12.1 Å². The fraction of sp³-hybridized carbons (Fsp3) is 0.0833. The van der Waals surface area contributed by atoms with Gasteiger partial charge in [-0.2, -0.15) is 13.2 Å². The van der Waals surface area contributed by atoms with E-state index in [1.807, 2.05) is 0 Å². The highest BCUT2D eigenvalue weighted by molar-refractivity contribution is 9.10. The van der Waals surface area contributed by atoms with Crippen molar-refractivity contribution >= 4 is 27.5 Å². The van der Waals surface area contributed by atoms with Gasteiger partial charge >= 0.3 is 6.18 Å². The van der Waals surface area contributed by atoms with E-state index in [2.05, 4.69) is 21.2 Å². The maximum Gasteiger partial charge on any atom is 0.416 e. The minimum Gasteiger partial charge on any atom is -0.459 e. The molecule has 1 amide bonds. The van der Waals surface area contributed by atoms with Crippen molar-refractivity contribution in [3.8, 4) is 0 Å². The van der Waals surface area contributed by atoms with Gasteiger partial charge in [-0.05, 0) is 46.3 Å². The molecule has 0 unspecified atom stereocenters. The molecule has 7 heteroatoms. The molecule has 1 aromatic carbocycles. The highest BCUT2D eigenvalue weighted by Gasteiger charge is 2.30. The van der Waals surface area contributed by atoms with Crippen LogP contribution in [0, 0.1) is 0 Å². The molecule has 0 radical (unpaired) electrons. The summed E-state index contributed by atoms with van der Waals surface area (Å²) < 4.78 is 42.4. The normalized spacial score (nSPS) is 11.4. The maximum atomic E-state index is 12.5. The molecule has 0 bridgehead atoms. The Labute approximate surface area is 114 Å². The molecular weight excluding hydrogens is 327 g/mol. The molecule has 1 aromatic heterocycles. The topological polar surface area (TPSA) is 42.2 Å². The van der Waals surface area contributed by atoms with Gasteiger partial charge in [-0.25, -0.2) is 0 Å². The lowest BCUT2D eigenvalue weighted by molar-refractivity contribution is -0.137. The molecule has 0 fully saturated rings. The summed E-state index contributed by atoms with van der Waals surface area (Å²) in [7, 11) is 0. The molecule has 0 aliphatic heterocycles. The Kier molecular flexibility index (Phi) is 3.66. The van der Waals surface area contributed by atoms with Gasteiger partial charge in [0.25, 0.3) is 5.91 Å². The minimum atomic E-state index is -4.42. The molecule has 2 rings (SSSR count). The van der Waals surface area contributed by atoms with Crippen LogP contribution >= 0.6 is 15.9 Å². The van der Waals surface area contributed by atoms with Crippen LogP contribution in [0.15, 0.2) is 45.5 Å². The van der Waals surface area contributed by atoms with E-state index in [1.165, 1.54) is 24.5 Å². The molecule has 100 valence electrons. The molecule has 0 aliphatic rings. The molecule has 2 aromatic rings. The summed E-state index contributed by atoms with van der Waals surface area (Å²) >= 11 is 2.99. The molecule has 3 nitrogen and oxygen atoms in total. The first-order valence-corrected chi connectivity index (χ1v) is 5.89.